The first-order valence-corrected chi connectivity index (χ1v) is 7.92. The lowest BCUT2D eigenvalue weighted by atomic mass is 9.74. The quantitative estimate of drug-likeness (QED) is 0.378. The van der Waals surface area contributed by atoms with Gasteiger partial charge < -0.3 is 16.2 Å². The Morgan fingerprint density at radius 3 is 2.36 bits per heavy atom. The first-order chi connectivity index (χ1) is 10.6. The zero-order chi connectivity index (χ0) is 16.0. The molecule has 4 N–H and O–H groups in total. The summed E-state index contributed by atoms with van der Waals surface area (Å²) in [5.41, 5.74) is 11.5. The number of nitrogens with two attached hydrogens (primary N) is 2. The summed E-state index contributed by atoms with van der Waals surface area (Å²) in [6.07, 6.45) is 5.66. The molecule has 0 aliphatic heterocycles. The Balaban J connectivity index is 2.12. The Morgan fingerprint density at radius 2 is 1.82 bits per heavy atom. The van der Waals surface area contributed by atoms with Crippen molar-refractivity contribution in [2.75, 3.05) is 6.54 Å². The average molecular weight is 303 g/mol. The van der Waals surface area contributed by atoms with Gasteiger partial charge in [0.2, 0.25) is 0 Å². The summed E-state index contributed by atoms with van der Waals surface area (Å²) in [4.78, 5) is 16.8. The van der Waals surface area contributed by atoms with Crippen molar-refractivity contribution in [2.45, 2.75) is 45.4 Å². The number of hydrogen-bond acceptors (Lipinski definition) is 3. The number of aryl methyl sites for hydroxylation is 1. The van der Waals surface area contributed by atoms with Crippen molar-refractivity contribution < 1.29 is 9.53 Å². The zero-order valence-electron chi connectivity index (χ0n) is 13.2. The molecule has 2 rings (SSSR count). The third kappa shape index (κ3) is 4.00. The minimum absolute atomic E-state index is 0.0186. The molecule has 0 aromatic heterocycles. The number of nitrogens with zero attached hydrogens (tertiary/aromatic N) is 1. The highest BCUT2D eigenvalue weighted by Crippen LogP contribution is 2.38. The monoisotopic (exact) mass is 303 g/mol. The van der Waals surface area contributed by atoms with Crippen LogP contribution < -0.4 is 16.2 Å². The van der Waals surface area contributed by atoms with Crippen LogP contribution in [0.15, 0.2) is 29.3 Å². The second kappa shape index (κ2) is 7.29. The van der Waals surface area contributed by atoms with Gasteiger partial charge in [0.25, 0.3) is 0 Å². The van der Waals surface area contributed by atoms with E-state index in [0.717, 1.165) is 38.5 Å². The number of guanidine groups is 1. The van der Waals surface area contributed by atoms with Crippen molar-refractivity contribution in [1.29, 1.82) is 0 Å². The molecule has 1 aliphatic rings. The summed E-state index contributed by atoms with van der Waals surface area (Å²) in [6.45, 7) is 2.40. The fourth-order valence-corrected chi connectivity index (χ4v) is 2.91. The van der Waals surface area contributed by atoms with E-state index in [-0.39, 0.29) is 11.9 Å². The maximum atomic E-state index is 12.7. The van der Waals surface area contributed by atoms with Crippen molar-refractivity contribution in [3.63, 3.8) is 0 Å². The van der Waals surface area contributed by atoms with E-state index < -0.39 is 5.41 Å². The minimum Gasteiger partial charge on any atom is -0.426 e. The summed E-state index contributed by atoms with van der Waals surface area (Å²) in [5, 5.41) is 0. The predicted octanol–water partition coefficient (Wildman–Crippen LogP) is 2.38. The maximum absolute atomic E-state index is 12.7. The third-order valence-corrected chi connectivity index (χ3v) is 4.35. The molecule has 0 bridgehead atoms. The molecule has 22 heavy (non-hydrogen) atoms. The zero-order valence-corrected chi connectivity index (χ0v) is 13.2. The SMILES string of the molecule is CCc1ccc(OC(=O)C2(CN=C(N)N)CCCCC2)cc1. The topological polar surface area (TPSA) is 90.7 Å². The van der Waals surface area contributed by atoms with Crippen LogP contribution in [0.2, 0.25) is 0 Å². The van der Waals surface area contributed by atoms with E-state index in [4.69, 9.17) is 16.2 Å². The van der Waals surface area contributed by atoms with E-state index in [9.17, 15) is 4.79 Å². The van der Waals surface area contributed by atoms with Gasteiger partial charge in [0, 0.05) is 0 Å². The van der Waals surface area contributed by atoms with Crippen LogP contribution in [0.5, 0.6) is 5.75 Å². The van der Waals surface area contributed by atoms with Crippen LogP contribution in [0.25, 0.3) is 0 Å². The Morgan fingerprint density at radius 1 is 1.18 bits per heavy atom. The smallest absolute Gasteiger partial charge is 0.319 e. The maximum Gasteiger partial charge on any atom is 0.319 e. The fourth-order valence-electron chi connectivity index (χ4n) is 2.91. The molecule has 5 heteroatoms. The lowest BCUT2D eigenvalue weighted by Crippen LogP contribution is -2.40. The van der Waals surface area contributed by atoms with Crippen LogP contribution in [-0.2, 0) is 11.2 Å². The van der Waals surface area contributed by atoms with Crippen molar-refractivity contribution >= 4 is 11.9 Å². The molecule has 0 unspecified atom stereocenters. The number of hydrogen-bond donors (Lipinski definition) is 2. The van der Waals surface area contributed by atoms with Crippen LogP contribution >= 0.6 is 0 Å². The van der Waals surface area contributed by atoms with Gasteiger partial charge in [0.05, 0.1) is 12.0 Å². The van der Waals surface area contributed by atoms with Crippen molar-refractivity contribution in [3.8, 4) is 5.75 Å². The molecule has 5 nitrogen and oxygen atoms in total. The molecule has 0 spiro atoms. The standard InChI is InChI=1S/C17H25N3O2/c1-2-13-6-8-14(9-7-13)22-15(21)17(12-20-16(18)19)10-4-3-5-11-17/h6-9H,2-5,10-12H2,1H3,(H4,18,19,20). The Bertz CT molecular complexity index is 527. The number of aliphatic imine (C=N–C) groups is 1. The number of carbonyl (C=O) groups excluding carboxylic acids is 1. The van der Waals surface area contributed by atoms with Gasteiger partial charge in [-0.25, -0.2) is 0 Å². The molecule has 1 fully saturated rings. The van der Waals surface area contributed by atoms with E-state index in [1.807, 2.05) is 24.3 Å². The molecule has 0 saturated heterocycles. The summed E-state index contributed by atoms with van der Waals surface area (Å²) in [5.74, 6) is 0.378. The van der Waals surface area contributed by atoms with E-state index >= 15 is 0 Å². The summed E-state index contributed by atoms with van der Waals surface area (Å²) >= 11 is 0. The normalized spacial score (nSPS) is 16.8. The van der Waals surface area contributed by atoms with Crippen LogP contribution in [0.4, 0.5) is 0 Å². The minimum atomic E-state index is -0.592. The van der Waals surface area contributed by atoms with E-state index in [0.29, 0.717) is 12.3 Å². The van der Waals surface area contributed by atoms with Crippen molar-refractivity contribution in [1.82, 2.24) is 0 Å². The molecular formula is C17H25N3O2. The van der Waals surface area contributed by atoms with Gasteiger partial charge in [0.1, 0.15) is 5.75 Å². The molecule has 0 heterocycles. The van der Waals surface area contributed by atoms with Crippen LogP contribution in [0.1, 0.15) is 44.6 Å². The molecule has 0 amide bonds. The Labute approximate surface area is 131 Å². The van der Waals surface area contributed by atoms with Crippen molar-refractivity contribution in [3.05, 3.63) is 29.8 Å². The molecule has 1 aromatic rings. The summed E-state index contributed by atoms with van der Waals surface area (Å²) in [6, 6.07) is 7.64. The summed E-state index contributed by atoms with van der Waals surface area (Å²) in [7, 11) is 0. The first-order valence-electron chi connectivity index (χ1n) is 7.92. The van der Waals surface area contributed by atoms with E-state index in [1.165, 1.54) is 5.56 Å². The molecule has 1 aliphatic carbocycles. The second-order valence-electron chi connectivity index (χ2n) is 5.97. The molecule has 0 atom stereocenters. The van der Waals surface area contributed by atoms with Gasteiger partial charge in [0.15, 0.2) is 5.96 Å². The van der Waals surface area contributed by atoms with Crippen molar-refractivity contribution in [2.24, 2.45) is 21.9 Å². The Hall–Kier alpha value is -2.04. The second-order valence-corrected chi connectivity index (χ2v) is 5.97. The van der Waals surface area contributed by atoms with Gasteiger partial charge >= 0.3 is 5.97 Å². The van der Waals surface area contributed by atoms with Gasteiger partial charge in [-0.15, -0.1) is 0 Å². The van der Waals surface area contributed by atoms with Crippen LogP contribution in [0, 0.1) is 5.41 Å². The third-order valence-electron chi connectivity index (χ3n) is 4.35. The number of ether oxygens (including phenoxy) is 1. The lowest BCUT2D eigenvalue weighted by molar-refractivity contribution is -0.147. The summed E-state index contributed by atoms with van der Waals surface area (Å²) < 4.78 is 5.60. The molecule has 1 aromatic carbocycles. The highest BCUT2D eigenvalue weighted by Gasteiger charge is 2.41. The van der Waals surface area contributed by atoms with Gasteiger partial charge in [-0.2, -0.15) is 0 Å². The molecular weight excluding hydrogens is 278 g/mol. The lowest BCUT2D eigenvalue weighted by Gasteiger charge is -2.33. The predicted molar refractivity (Wildman–Crippen MR) is 87.6 cm³/mol. The molecule has 0 radical (unpaired) electrons. The number of esters is 1. The van der Waals surface area contributed by atoms with Crippen LogP contribution in [0.3, 0.4) is 0 Å². The largest absolute Gasteiger partial charge is 0.426 e. The number of rotatable bonds is 5. The molecule has 120 valence electrons. The Kier molecular flexibility index (Phi) is 5.41. The van der Waals surface area contributed by atoms with Gasteiger partial charge in [-0.05, 0) is 37.0 Å². The first kappa shape index (κ1) is 16.3. The van der Waals surface area contributed by atoms with E-state index in [1.54, 1.807) is 0 Å². The van der Waals surface area contributed by atoms with Crippen LogP contribution in [-0.4, -0.2) is 18.5 Å². The number of carbonyl (C=O) groups is 1. The highest BCUT2D eigenvalue weighted by molar-refractivity contribution is 5.81. The van der Waals surface area contributed by atoms with E-state index in [2.05, 4.69) is 11.9 Å². The molecule has 1 saturated carbocycles. The average Bonchev–Trinajstić information content (AvgIpc) is 2.54. The fraction of sp³-hybridized carbons (Fsp3) is 0.529. The highest BCUT2D eigenvalue weighted by atomic mass is 16.5. The number of benzene rings is 1. The van der Waals surface area contributed by atoms with Gasteiger partial charge in [-0.3, -0.25) is 9.79 Å². The van der Waals surface area contributed by atoms with Gasteiger partial charge in [-0.1, -0.05) is 38.3 Å².